The normalized spacial score (nSPS) is 24.6. The van der Waals surface area contributed by atoms with Crippen LogP contribution in [0.15, 0.2) is 48.5 Å². The minimum Gasteiger partial charge on any atom is -0.390 e. The van der Waals surface area contributed by atoms with Crippen molar-refractivity contribution in [1.29, 1.82) is 0 Å². The van der Waals surface area contributed by atoms with Crippen LogP contribution in [0.5, 0.6) is 0 Å². The van der Waals surface area contributed by atoms with E-state index in [1.807, 2.05) is 0 Å². The molecule has 0 fully saturated rings. The fraction of sp³-hybridized carbons (Fsp3) is 0.238. The van der Waals surface area contributed by atoms with Crippen molar-refractivity contribution in [3.05, 3.63) is 59.7 Å². The van der Waals surface area contributed by atoms with Crippen molar-refractivity contribution >= 4 is 32.3 Å². The molecule has 2 atom stereocenters. The Morgan fingerprint density at radius 1 is 0.957 bits per heavy atom. The first kappa shape index (κ1) is 13.3. The molecule has 0 unspecified atom stereocenters. The third-order valence-electron chi connectivity index (χ3n) is 5.62. The molecule has 0 amide bonds. The number of fused-ring (bicyclic) bond motifs is 2. The quantitative estimate of drug-likeness (QED) is 0.480. The molecule has 4 aromatic carbocycles. The van der Waals surface area contributed by atoms with Gasteiger partial charge in [0.1, 0.15) is 5.60 Å². The molecule has 114 valence electrons. The van der Waals surface area contributed by atoms with E-state index >= 15 is 0 Å². The van der Waals surface area contributed by atoms with Gasteiger partial charge in [0, 0.05) is 0 Å². The fourth-order valence-corrected chi connectivity index (χ4v) is 4.33. The predicted octanol–water partition coefficient (Wildman–Crippen LogP) is 4.10. The highest BCUT2D eigenvalue weighted by atomic mass is 16.3. The average Bonchev–Trinajstić information content (AvgIpc) is 2.56. The summed E-state index contributed by atoms with van der Waals surface area (Å²) in [6.45, 7) is 1.73. The van der Waals surface area contributed by atoms with E-state index < -0.39 is 11.7 Å². The van der Waals surface area contributed by atoms with Gasteiger partial charge >= 0.3 is 0 Å². The van der Waals surface area contributed by atoms with E-state index in [2.05, 4.69) is 48.5 Å². The fourth-order valence-electron chi connectivity index (χ4n) is 4.33. The Hall–Kier alpha value is -2.16. The van der Waals surface area contributed by atoms with Crippen molar-refractivity contribution in [3.8, 4) is 0 Å². The average molecular weight is 302 g/mol. The first-order valence-corrected chi connectivity index (χ1v) is 8.18. The number of aliphatic hydroxyl groups is 2. The highest BCUT2D eigenvalue weighted by Gasteiger charge is 2.38. The van der Waals surface area contributed by atoms with Gasteiger partial charge in [-0.2, -0.15) is 0 Å². The van der Waals surface area contributed by atoms with Crippen molar-refractivity contribution < 1.29 is 10.2 Å². The Bertz CT molecular complexity index is 1050. The van der Waals surface area contributed by atoms with E-state index in [0.29, 0.717) is 6.42 Å². The molecule has 2 nitrogen and oxygen atoms in total. The van der Waals surface area contributed by atoms with Gasteiger partial charge in [0.15, 0.2) is 0 Å². The Kier molecular flexibility index (Phi) is 2.44. The van der Waals surface area contributed by atoms with Crippen LogP contribution in [0.2, 0.25) is 0 Å². The summed E-state index contributed by atoms with van der Waals surface area (Å²) in [5.74, 6) is 0. The molecule has 23 heavy (non-hydrogen) atoms. The Balaban J connectivity index is 2.02. The lowest BCUT2D eigenvalue weighted by atomic mass is 9.75. The molecule has 0 spiro atoms. The molecule has 2 heteroatoms. The molecule has 0 saturated carbocycles. The maximum absolute atomic E-state index is 10.8. The molecular weight excluding hydrogens is 284 g/mol. The van der Waals surface area contributed by atoms with Crippen LogP contribution in [0.1, 0.15) is 24.5 Å². The molecule has 0 saturated heterocycles. The second kappa shape index (κ2) is 4.22. The molecule has 0 aliphatic heterocycles. The van der Waals surface area contributed by atoms with Crippen LogP contribution in [-0.4, -0.2) is 16.3 Å². The summed E-state index contributed by atoms with van der Waals surface area (Å²) < 4.78 is 0. The van der Waals surface area contributed by atoms with E-state index in [9.17, 15) is 10.2 Å². The Labute approximate surface area is 134 Å². The zero-order chi connectivity index (χ0) is 15.8. The van der Waals surface area contributed by atoms with E-state index in [0.717, 1.165) is 17.4 Å². The number of aliphatic hydroxyl groups excluding tert-OH is 1. The van der Waals surface area contributed by atoms with Crippen molar-refractivity contribution in [1.82, 2.24) is 0 Å². The van der Waals surface area contributed by atoms with Crippen LogP contribution in [0.25, 0.3) is 32.3 Å². The van der Waals surface area contributed by atoms with Gasteiger partial charge in [-0.25, -0.2) is 0 Å². The molecule has 1 aliphatic carbocycles. The number of hydrogen-bond donors (Lipinski definition) is 2. The van der Waals surface area contributed by atoms with E-state index in [4.69, 9.17) is 0 Å². The van der Waals surface area contributed by atoms with Crippen LogP contribution in [0.3, 0.4) is 0 Å². The summed E-state index contributed by atoms with van der Waals surface area (Å²) in [4.78, 5) is 0. The predicted molar refractivity (Wildman–Crippen MR) is 94.0 cm³/mol. The smallest absolute Gasteiger partial charge is 0.113 e. The Morgan fingerprint density at radius 3 is 2.43 bits per heavy atom. The molecule has 0 bridgehead atoms. The molecule has 0 heterocycles. The lowest BCUT2D eigenvalue weighted by molar-refractivity contribution is -0.0762. The van der Waals surface area contributed by atoms with Gasteiger partial charge in [-0.1, -0.05) is 42.5 Å². The van der Waals surface area contributed by atoms with Gasteiger partial charge in [0.05, 0.1) is 6.10 Å². The summed E-state index contributed by atoms with van der Waals surface area (Å²) in [6.07, 6.45) is 0.702. The SMILES string of the molecule is C[C@]1(O)c2cc3ccc4cccc5ccc(c2CC[C@@H]1O)c3c45. The van der Waals surface area contributed by atoms with Crippen LogP contribution in [0, 0.1) is 0 Å². The number of hydrogen-bond acceptors (Lipinski definition) is 2. The van der Waals surface area contributed by atoms with Crippen LogP contribution in [0.4, 0.5) is 0 Å². The highest BCUT2D eigenvalue weighted by Crippen LogP contribution is 2.43. The number of aryl methyl sites for hydroxylation is 1. The summed E-state index contributed by atoms with van der Waals surface area (Å²) in [6, 6.07) is 17.1. The molecule has 0 radical (unpaired) electrons. The minimum atomic E-state index is -1.18. The largest absolute Gasteiger partial charge is 0.390 e. The van der Waals surface area contributed by atoms with E-state index in [1.54, 1.807) is 6.92 Å². The third-order valence-corrected chi connectivity index (χ3v) is 5.62. The van der Waals surface area contributed by atoms with Gasteiger partial charge in [-0.05, 0) is 69.3 Å². The molecule has 4 aromatic rings. The van der Waals surface area contributed by atoms with Crippen molar-refractivity contribution in [2.75, 3.05) is 0 Å². The van der Waals surface area contributed by atoms with Gasteiger partial charge in [0.2, 0.25) is 0 Å². The lowest BCUT2D eigenvalue weighted by Crippen LogP contribution is -2.40. The lowest BCUT2D eigenvalue weighted by Gasteiger charge is -2.37. The summed E-state index contributed by atoms with van der Waals surface area (Å²) in [5, 5.41) is 28.5. The van der Waals surface area contributed by atoms with Crippen molar-refractivity contribution in [2.45, 2.75) is 31.5 Å². The maximum Gasteiger partial charge on any atom is 0.113 e. The third kappa shape index (κ3) is 1.60. The van der Waals surface area contributed by atoms with Crippen LogP contribution < -0.4 is 0 Å². The van der Waals surface area contributed by atoms with E-state index in [1.165, 1.54) is 32.5 Å². The molecule has 0 aromatic heterocycles. The van der Waals surface area contributed by atoms with Crippen LogP contribution >= 0.6 is 0 Å². The molecule has 1 aliphatic rings. The second-order valence-electron chi connectivity index (χ2n) is 6.96. The van der Waals surface area contributed by atoms with Crippen molar-refractivity contribution in [3.63, 3.8) is 0 Å². The molecular formula is C21H18O2. The first-order valence-electron chi connectivity index (χ1n) is 8.18. The minimum absolute atomic E-state index is 0.601. The van der Waals surface area contributed by atoms with Gasteiger partial charge in [-0.15, -0.1) is 0 Å². The second-order valence-corrected chi connectivity index (χ2v) is 6.96. The van der Waals surface area contributed by atoms with Gasteiger partial charge in [0.25, 0.3) is 0 Å². The van der Waals surface area contributed by atoms with Crippen molar-refractivity contribution in [2.24, 2.45) is 0 Å². The number of rotatable bonds is 0. The number of benzene rings is 4. The van der Waals surface area contributed by atoms with Crippen LogP contribution in [-0.2, 0) is 12.0 Å². The first-order chi connectivity index (χ1) is 11.1. The summed E-state index contributed by atoms with van der Waals surface area (Å²) >= 11 is 0. The topological polar surface area (TPSA) is 40.5 Å². The zero-order valence-electron chi connectivity index (χ0n) is 13.0. The standard InChI is InChI=1S/C21H18O2/c1-21(23)17-11-14-6-5-12-3-2-4-13-7-8-16(20(14)19(12)13)15(17)9-10-18(21)22/h2-8,11,18,22-23H,9-10H2,1H3/t18-,21-/m0/s1. The molecule has 5 rings (SSSR count). The molecule has 2 N–H and O–H groups in total. The maximum atomic E-state index is 10.8. The summed E-state index contributed by atoms with van der Waals surface area (Å²) in [5.41, 5.74) is 0.881. The van der Waals surface area contributed by atoms with E-state index in [-0.39, 0.29) is 0 Å². The highest BCUT2D eigenvalue weighted by molar-refractivity contribution is 6.23. The summed E-state index contributed by atoms with van der Waals surface area (Å²) in [7, 11) is 0. The van der Waals surface area contributed by atoms with Gasteiger partial charge in [-0.3, -0.25) is 0 Å². The monoisotopic (exact) mass is 302 g/mol. The zero-order valence-corrected chi connectivity index (χ0v) is 13.0. The Morgan fingerprint density at radius 2 is 1.65 bits per heavy atom. The van der Waals surface area contributed by atoms with Gasteiger partial charge < -0.3 is 10.2 Å².